The van der Waals surface area contributed by atoms with E-state index in [2.05, 4.69) is 16.2 Å². The summed E-state index contributed by atoms with van der Waals surface area (Å²) in [5.74, 6) is 0.607. The lowest BCUT2D eigenvalue weighted by Gasteiger charge is -2.32. The number of carbonyl (C=O) groups excluding carboxylic acids is 1. The summed E-state index contributed by atoms with van der Waals surface area (Å²) in [6.07, 6.45) is 5.52. The van der Waals surface area contributed by atoms with Crippen molar-refractivity contribution in [2.45, 2.75) is 25.3 Å². The van der Waals surface area contributed by atoms with Crippen LogP contribution in [-0.2, 0) is 11.2 Å². The highest BCUT2D eigenvalue weighted by Crippen LogP contribution is 2.20. The van der Waals surface area contributed by atoms with E-state index in [9.17, 15) is 4.79 Å². The Morgan fingerprint density at radius 3 is 2.92 bits per heavy atom. The first-order chi connectivity index (χ1) is 11.8. The van der Waals surface area contributed by atoms with E-state index in [-0.39, 0.29) is 18.6 Å². The average Bonchev–Trinajstić information content (AvgIpc) is 3.16. The molecule has 1 aromatic heterocycles. The molecule has 0 saturated carbocycles. The minimum Gasteiger partial charge on any atom is -0.484 e. The highest BCUT2D eigenvalue weighted by Gasteiger charge is 2.25. The molecule has 0 bridgehead atoms. The Balaban J connectivity index is 1.52. The van der Waals surface area contributed by atoms with Crippen LogP contribution in [0.2, 0.25) is 0 Å². The predicted molar refractivity (Wildman–Crippen MR) is 86.1 cm³/mol. The van der Waals surface area contributed by atoms with Crippen LogP contribution < -0.4 is 4.74 Å². The number of amides is 1. The van der Waals surface area contributed by atoms with E-state index in [4.69, 9.17) is 10.00 Å². The molecular formula is C17H19N5O2. The molecule has 2 heterocycles. The lowest BCUT2D eigenvalue weighted by atomic mass is 10.1. The Kier molecular flexibility index (Phi) is 5.06. The van der Waals surface area contributed by atoms with Crippen LogP contribution in [0.5, 0.6) is 5.75 Å². The minimum absolute atomic E-state index is 0.0155. The van der Waals surface area contributed by atoms with Crippen LogP contribution in [0.25, 0.3) is 0 Å². The van der Waals surface area contributed by atoms with Crippen LogP contribution in [-0.4, -0.2) is 45.3 Å². The quantitative estimate of drug-likeness (QED) is 0.833. The van der Waals surface area contributed by atoms with Gasteiger partial charge in [-0.1, -0.05) is 12.1 Å². The molecule has 1 fully saturated rings. The fourth-order valence-corrected chi connectivity index (χ4v) is 2.83. The molecule has 0 unspecified atom stereocenters. The summed E-state index contributed by atoms with van der Waals surface area (Å²) in [6, 6.07) is 9.52. The summed E-state index contributed by atoms with van der Waals surface area (Å²) in [7, 11) is 0. The number of piperidine rings is 1. The Morgan fingerprint density at radius 1 is 1.38 bits per heavy atom. The zero-order valence-corrected chi connectivity index (χ0v) is 13.3. The first-order valence-electron chi connectivity index (χ1n) is 7.97. The molecule has 0 aliphatic carbocycles. The third-order valence-corrected chi connectivity index (χ3v) is 4.13. The van der Waals surface area contributed by atoms with E-state index in [0.717, 1.165) is 24.9 Å². The van der Waals surface area contributed by atoms with Crippen molar-refractivity contribution in [2.75, 3.05) is 19.7 Å². The second-order valence-electron chi connectivity index (χ2n) is 5.78. The van der Waals surface area contributed by atoms with E-state index >= 15 is 0 Å². The van der Waals surface area contributed by atoms with Gasteiger partial charge in [-0.05, 0) is 30.5 Å². The normalized spacial score (nSPS) is 17.3. The molecule has 0 N–H and O–H groups in total. The van der Waals surface area contributed by atoms with Crippen LogP contribution in [0.4, 0.5) is 0 Å². The third kappa shape index (κ3) is 3.90. The van der Waals surface area contributed by atoms with Gasteiger partial charge >= 0.3 is 0 Å². The van der Waals surface area contributed by atoms with Gasteiger partial charge < -0.3 is 9.64 Å². The van der Waals surface area contributed by atoms with E-state index < -0.39 is 0 Å². The van der Waals surface area contributed by atoms with Crippen molar-refractivity contribution in [2.24, 2.45) is 0 Å². The molecule has 0 radical (unpaired) electrons. The Hall–Kier alpha value is -2.88. The number of likely N-dealkylation sites (tertiary alicyclic amines) is 1. The number of ether oxygens (including phenoxy) is 1. The largest absolute Gasteiger partial charge is 0.484 e. The molecular weight excluding hydrogens is 306 g/mol. The smallest absolute Gasteiger partial charge is 0.260 e. The van der Waals surface area contributed by atoms with Crippen molar-refractivity contribution < 1.29 is 9.53 Å². The molecule has 1 aliphatic heterocycles. The number of hydrogen-bond acceptors (Lipinski definition) is 5. The first kappa shape index (κ1) is 16.0. The average molecular weight is 325 g/mol. The van der Waals surface area contributed by atoms with Crippen LogP contribution in [0.1, 0.15) is 24.4 Å². The zero-order chi connectivity index (χ0) is 16.8. The zero-order valence-electron chi connectivity index (χ0n) is 13.3. The van der Waals surface area contributed by atoms with E-state index in [1.807, 2.05) is 21.7 Å². The highest BCUT2D eigenvalue weighted by molar-refractivity contribution is 5.77. The summed E-state index contributed by atoms with van der Waals surface area (Å²) in [5, 5.41) is 12.8. The number of nitriles is 1. The maximum Gasteiger partial charge on any atom is 0.260 e. The fourth-order valence-electron chi connectivity index (χ4n) is 2.83. The van der Waals surface area contributed by atoms with Crippen molar-refractivity contribution >= 4 is 5.91 Å². The number of rotatable bonds is 5. The van der Waals surface area contributed by atoms with Crippen molar-refractivity contribution in [3.8, 4) is 11.8 Å². The van der Waals surface area contributed by atoms with E-state index in [1.165, 1.54) is 6.33 Å². The van der Waals surface area contributed by atoms with Crippen LogP contribution in [0.15, 0.2) is 36.9 Å². The Labute approximate surface area is 140 Å². The maximum absolute atomic E-state index is 12.4. The third-order valence-electron chi connectivity index (χ3n) is 4.13. The highest BCUT2D eigenvalue weighted by atomic mass is 16.5. The molecule has 7 heteroatoms. The van der Waals surface area contributed by atoms with Gasteiger partial charge in [0.15, 0.2) is 6.61 Å². The molecule has 2 aromatic rings. The second-order valence-corrected chi connectivity index (χ2v) is 5.78. The molecule has 1 aliphatic rings. The Morgan fingerprint density at radius 2 is 2.21 bits per heavy atom. The van der Waals surface area contributed by atoms with Gasteiger partial charge in [0.05, 0.1) is 18.5 Å². The molecule has 1 atom stereocenters. The van der Waals surface area contributed by atoms with Crippen LogP contribution in [0.3, 0.4) is 0 Å². The summed E-state index contributed by atoms with van der Waals surface area (Å²) in [5.41, 5.74) is 0.933. The lowest BCUT2D eigenvalue weighted by Crippen LogP contribution is -2.43. The van der Waals surface area contributed by atoms with Crippen LogP contribution in [0, 0.1) is 11.3 Å². The molecule has 1 aromatic carbocycles. The maximum atomic E-state index is 12.4. The number of carbonyl (C=O) groups is 1. The Bertz CT molecular complexity index is 706. The van der Waals surface area contributed by atoms with Gasteiger partial charge in [-0.25, -0.2) is 9.67 Å². The first-order valence-corrected chi connectivity index (χ1v) is 7.97. The number of benzene rings is 1. The molecule has 124 valence electrons. The fraction of sp³-hybridized carbons (Fsp3) is 0.412. The molecule has 7 nitrogen and oxygen atoms in total. The van der Waals surface area contributed by atoms with Gasteiger partial charge in [-0.2, -0.15) is 10.4 Å². The van der Waals surface area contributed by atoms with Crippen LogP contribution >= 0.6 is 0 Å². The minimum atomic E-state index is -0.0269. The topological polar surface area (TPSA) is 84.0 Å². The van der Waals surface area contributed by atoms with E-state index in [0.29, 0.717) is 18.7 Å². The summed E-state index contributed by atoms with van der Waals surface area (Å²) in [6.45, 7) is 1.39. The SMILES string of the molecule is N#CCc1ccc(OCC(=O)N2CCC[C@@H](n3cncn3)C2)cc1. The van der Waals surface area contributed by atoms with Gasteiger partial charge in [-0.15, -0.1) is 0 Å². The van der Waals surface area contributed by atoms with Crippen molar-refractivity contribution in [1.82, 2.24) is 19.7 Å². The predicted octanol–water partition coefficient (Wildman–Crippen LogP) is 1.59. The standard InChI is InChI=1S/C17H19N5O2/c18-8-7-14-3-5-16(6-4-14)24-11-17(23)21-9-1-2-15(10-21)22-13-19-12-20-22/h3-6,12-13,15H,1-2,7,9-11H2/t15-/m1/s1. The molecule has 0 spiro atoms. The second kappa shape index (κ2) is 7.59. The number of hydrogen-bond donors (Lipinski definition) is 0. The summed E-state index contributed by atoms with van der Waals surface area (Å²) < 4.78 is 7.38. The molecule has 3 rings (SSSR count). The van der Waals surface area contributed by atoms with E-state index in [1.54, 1.807) is 18.5 Å². The van der Waals surface area contributed by atoms with Gasteiger partial charge in [0.2, 0.25) is 0 Å². The molecule has 24 heavy (non-hydrogen) atoms. The summed E-state index contributed by atoms with van der Waals surface area (Å²) in [4.78, 5) is 18.2. The van der Waals surface area contributed by atoms with Crippen molar-refractivity contribution in [3.63, 3.8) is 0 Å². The number of aromatic nitrogens is 3. The van der Waals surface area contributed by atoms with Gasteiger partial charge in [0.25, 0.3) is 5.91 Å². The number of nitrogens with zero attached hydrogens (tertiary/aromatic N) is 5. The lowest BCUT2D eigenvalue weighted by molar-refractivity contribution is -0.135. The van der Waals surface area contributed by atoms with Crippen molar-refractivity contribution in [3.05, 3.63) is 42.5 Å². The van der Waals surface area contributed by atoms with Gasteiger partial charge in [0.1, 0.15) is 18.4 Å². The van der Waals surface area contributed by atoms with Crippen molar-refractivity contribution in [1.29, 1.82) is 5.26 Å². The monoisotopic (exact) mass is 325 g/mol. The summed E-state index contributed by atoms with van der Waals surface area (Å²) >= 11 is 0. The molecule has 1 saturated heterocycles. The van der Waals surface area contributed by atoms with Gasteiger partial charge in [0, 0.05) is 13.1 Å². The molecule has 1 amide bonds. The van der Waals surface area contributed by atoms with Gasteiger partial charge in [-0.3, -0.25) is 4.79 Å².